The van der Waals surface area contributed by atoms with E-state index in [9.17, 15) is 0 Å². The molecule has 0 aromatic rings. The summed E-state index contributed by atoms with van der Waals surface area (Å²) in [5, 5.41) is 8.20. The molecule has 1 nitrogen and oxygen atoms in total. The fraction of sp³-hybridized carbons (Fsp3) is 0.167. The van der Waals surface area contributed by atoms with Crippen LogP contribution in [0.1, 0.15) is 6.92 Å². The second-order valence-corrected chi connectivity index (χ2v) is 2.40. The Morgan fingerprint density at radius 3 is 2.50 bits per heavy atom. The van der Waals surface area contributed by atoms with Crippen LogP contribution in [-0.2, 0) is 0 Å². The predicted molar refractivity (Wildman–Crippen MR) is 37.4 cm³/mol. The molecule has 8 heavy (non-hydrogen) atoms. The number of rotatable bonds is 1. The van der Waals surface area contributed by atoms with Crippen LogP contribution in [0.25, 0.3) is 0 Å². The smallest absolute Gasteiger partial charge is 0.0944 e. The standard InChI is InChI=1S/C6H6BrN/c1-5(4-8)3-6(2)7/h3H,2H2,1H3/b5-3+. The van der Waals surface area contributed by atoms with E-state index < -0.39 is 0 Å². The van der Waals surface area contributed by atoms with Crippen LogP contribution >= 0.6 is 15.9 Å². The third-order valence-corrected chi connectivity index (χ3v) is 0.778. The monoisotopic (exact) mass is 171 g/mol. The number of hydrogen-bond acceptors (Lipinski definition) is 1. The number of allylic oxidation sites excluding steroid dienone is 3. The summed E-state index contributed by atoms with van der Waals surface area (Å²) < 4.78 is 0.733. The average Bonchev–Trinajstić information content (AvgIpc) is 1.65. The lowest BCUT2D eigenvalue weighted by molar-refractivity contribution is 1.44. The molecule has 0 unspecified atom stereocenters. The summed E-state index contributed by atoms with van der Waals surface area (Å²) in [5.74, 6) is 0. The quantitative estimate of drug-likeness (QED) is 0.440. The molecule has 0 aliphatic rings. The van der Waals surface area contributed by atoms with Crippen molar-refractivity contribution in [1.29, 1.82) is 5.26 Å². The first-order chi connectivity index (χ1) is 3.66. The van der Waals surface area contributed by atoms with Gasteiger partial charge in [-0.25, -0.2) is 0 Å². The van der Waals surface area contributed by atoms with Crippen LogP contribution in [-0.4, -0.2) is 0 Å². The van der Waals surface area contributed by atoms with Crippen molar-refractivity contribution in [3.8, 4) is 6.07 Å². The fourth-order valence-electron chi connectivity index (χ4n) is 0.267. The van der Waals surface area contributed by atoms with E-state index in [4.69, 9.17) is 5.26 Å². The maximum atomic E-state index is 8.20. The molecule has 0 heterocycles. The van der Waals surface area contributed by atoms with Crippen molar-refractivity contribution in [3.63, 3.8) is 0 Å². The van der Waals surface area contributed by atoms with E-state index in [0.717, 1.165) is 4.48 Å². The van der Waals surface area contributed by atoms with E-state index in [1.807, 2.05) is 6.07 Å². The zero-order valence-electron chi connectivity index (χ0n) is 4.61. The molecule has 0 aromatic heterocycles. The zero-order valence-corrected chi connectivity index (χ0v) is 6.20. The normalized spacial score (nSPS) is 10.4. The van der Waals surface area contributed by atoms with Crippen LogP contribution in [0.5, 0.6) is 0 Å². The van der Waals surface area contributed by atoms with Crippen molar-refractivity contribution in [2.75, 3.05) is 0 Å². The minimum absolute atomic E-state index is 0.659. The van der Waals surface area contributed by atoms with E-state index in [2.05, 4.69) is 22.5 Å². The van der Waals surface area contributed by atoms with Gasteiger partial charge in [0.05, 0.1) is 6.07 Å². The molecule has 0 aromatic carbocycles. The molecular weight excluding hydrogens is 166 g/mol. The first-order valence-corrected chi connectivity index (χ1v) is 2.89. The molecule has 2 heteroatoms. The van der Waals surface area contributed by atoms with Gasteiger partial charge in [-0.2, -0.15) is 5.26 Å². The molecule has 0 saturated heterocycles. The largest absolute Gasteiger partial charge is 0.193 e. The van der Waals surface area contributed by atoms with Gasteiger partial charge in [-0.15, -0.1) is 0 Å². The predicted octanol–water partition coefficient (Wildman–Crippen LogP) is 2.36. The van der Waals surface area contributed by atoms with E-state index in [1.165, 1.54) is 0 Å². The Morgan fingerprint density at radius 1 is 1.88 bits per heavy atom. The average molecular weight is 172 g/mol. The highest BCUT2D eigenvalue weighted by Crippen LogP contribution is 2.04. The second kappa shape index (κ2) is 3.45. The van der Waals surface area contributed by atoms with Crippen LogP contribution in [0.4, 0.5) is 0 Å². The summed E-state index contributed by atoms with van der Waals surface area (Å²) in [4.78, 5) is 0. The van der Waals surface area contributed by atoms with Crippen molar-refractivity contribution < 1.29 is 0 Å². The summed E-state index contributed by atoms with van der Waals surface area (Å²) in [6, 6.07) is 1.97. The molecule has 42 valence electrons. The van der Waals surface area contributed by atoms with Crippen molar-refractivity contribution in [3.05, 3.63) is 22.7 Å². The van der Waals surface area contributed by atoms with Gasteiger partial charge in [-0.1, -0.05) is 22.5 Å². The van der Waals surface area contributed by atoms with E-state index >= 15 is 0 Å². The fourth-order valence-corrected chi connectivity index (χ4v) is 0.611. The molecule has 0 saturated carbocycles. The Hall–Kier alpha value is -0.550. The number of nitrogens with zero attached hydrogens (tertiary/aromatic N) is 1. The molecule has 0 spiro atoms. The minimum Gasteiger partial charge on any atom is -0.193 e. The van der Waals surface area contributed by atoms with Gasteiger partial charge in [0.15, 0.2) is 0 Å². The molecule has 0 aliphatic carbocycles. The number of hydrogen-bond donors (Lipinski definition) is 0. The lowest BCUT2D eigenvalue weighted by atomic mass is 10.3. The number of halogens is 1. The maximum Gasteiger partial charge on any atom is 0.0944 e. The topological polar surface area (TPSA) is 23.8 Å². The van der Waals surface area contributed by atoms with E-state index in [0.29, 0.717) is 5.57 Å². The lowest BCUT2D eigenvalue weighted by Crippen LogP contribution is -1.64. The summed E-state index contributed by atoms with van der Waals surface area (Å²) >= 11 is 3.09. The Morgan fingerprint density at radius 2 is 2.38 bits per heavy atom. The van der Waals surface area contributed by atoms with Crippen molar-refractivity contribution in [1.82, 2.24) is 0 Å². The SMILES string of the molecule is C=C(Br)/C=C(\C)C#N. The summed E-state index contributed by atoms with van der Waals surface area (Å²) in [7, 11) is 0. The van der Waals surface area contributed by atoms with Crippen molar-refractivity contribution in [2.24, 2.45) is 0 Å². The van der Waals surface area contributed by atoms with Gasteiger partial charge in [-0.05, 0) is 13.0 Å². The highest BCUT2D eigenvalue weighted by atomic mass is 79.9. The van der Waals surface area contributed by atoms with Gasteiger partial charge >= 0.3 is 0 Å². The molecule has 0 amide bonds. The summed E-state index contributed by atoms with van der Waals surface area (Å²) in [5.41, 5.74) is 0.659. The zero-order chi connectivity index (χ0) is 6.57. The van der Waals surface area contributed by atoms with Crippen LogP contribution in [0.3, 0.4) is 0 Å². The maximum absolute atomic E-state index is 8.20. The Bertz CT molecular complexity index is 162. The summed E-state index contributed by atoms with van der Waals surface area (Å²) in [6.45, 7) is 5.26. The van der Waals surface area contributed by atoms with Crippen LogP contribution in [0, 0.1) is 11.3 Å². The van der Waals surface area contributed by atoms with Gasteiger partial charge in [0, 0.05) is 10.1 Å². The molecule has 0 atom stereocenters. The molecule has 0 bridgehead atoms. The first-order valence-electron chi connectivity index (χ1n) is 2.09. The first kappa shape index (κ1) is 7.45. The number of nitriles is 1. The van der Waals surface area contributed by atoms with E-state index in [-0.39, 0.29) is 0 Å². The van der Waals surface area contributed by atoms with Gasteiger partial charge in [0.2, 0.25) is 0 Å². The molecule has 0 radical (unpaired) electrons. The minimum atomic E-state index is 0.659. The third-order valence-electron chi connectivity index (χ3n) is 0.549. The van der Waals surface area contributed by atoms with Crippen LogP contribution < -0.4 is 0 Å². The Labute approximate surface area is 57.4 Å². The van der Waals surface area contributed by atoms with Gasteiger partial charge in [0.1, 0.15) is 0 Å². The van der Waals surface area contributed by atoms with E-state index in [1.54, 1.807) is 13.0 Å². The van der Waals surface area contributed by atoms with Gasteiger partial charge in [0.25, 0.3) is 0 Å². The summed E-state index contributed by atoms with van der Waals surface area (Å²) in [6.07, 6.45) is 1.67. The van der Waals surface area contributed by atoms with Crippen molar-refractivity contribution in [2.45, 2.75) is 6.92 Å². The van der Waals surface area contributed by atoms with Gasteiger partial charge < -0.3 is 0 Å². The molecule has 0 N–H and O–H groups in total. The lowest BCUT2D eigenvalue weighted by Gasteiger charge is -1.81. The second-order valence-electron chi connectivity index (χ2n) is 1.39. The molecule has 0 fully saturated rings. The molecule has 0 rings (SSSR count). The van der Waals surface area contributed by atoms with Crippen LogP contribution in [0.15, 0.2) is 22.7 Å². The molecular formula is C6H6BrN. The highest BCUT2D eigenvalue weighted by molar-refractivity contribution is 9.11. The van der Waals surface area contributed by atoms with Crippen LogP contribution in [0.2, 0.25) is 0 Å². The van der Waals surface area contributed by atoms with Gasteiger partial charge in [-0.3, -0.25) is 0 Å². The third kappa shape index (κ3) is 3.63. The van der Waals surface area contributed by atoms with Crippen molar-refractivity contribution >= 4 is 15.9 Å². The Balaban J connectivity index is 4.01. The molecule has 0 aliphatic heterocycles. The highest BCUT2D eigenvalue weighted by Gasteiger charge is 1.81. The Kier molecular flexibility index (Phi) is 3.21.